The van der Waals surface area contributed by atoms with Crippen molar-refractivity contribution in [3.05, 3.63) is 52.0 Å². The van der Waals surface area contributed by atoms with E-state index in [1.54, 1.807) is 29.5 Å². The van der Waals surface area contributed by atoms with Gasteiger partial charge >= 0.3 is 0 Å². The van der Waals surface area contributed by atoms with E-state index >= 15 is 0 Å². The van der Waals surface area contributed by atoms with E-state index in [-0.39, 0.29) is 17.6 Å². The normalized spacial score (nSPS) is 12.4. The number of aryl methyl sites for hydroxylation is 1. The summed E-state index contributed by atoms with van der Waals surface area (Å²) < 4.78 is 13.5. The average molecular weight is 306 g/mol. The first-order valence-electron chi connectivity index (χ1n) is 6.77. The first-order chi connectivity index (χ1) is 9.99. The molecule has 0 spiro atoms. The number of halogens is 1. The molecule has 0 fully saturated rings. The number of hydrogen-bond donors (Lipinski definition) is 1. The monoisotopic (exact) mass is 306 g/mol. The largest absolute Gasteiger partial charge is 0.322 e. The second-order valence-corrected chi connectivity index (χ2v) is 6.09. The van der Waals surface area contributed by atoms with Gasteiger partial charge < -0.3 is 5.32 Å². The van der Waals surface area contributed by atoms with Crippen molar-refractivity contribution in [3.8, 4) is 0 Å². The van der Waals surface area contributed by atoms with Crippen LogP contribution in [0, 0.1) is 12.7 Å². The molecule has 2 rings (SSSR count). The van der Waals surface area contributed by atoms with Gasteiger partial charge in [0.1, 0.15) is 5.82 Å². The summed E-state index contributed by atoms with van der Waals surface area (Å²) in [6, 6.07) is 7.91. The Kier molecular flexibility index (Phi) is 5.09. The molecular formula is C16H19FN2OS. The Hall–Kier alpha value is -1.72. The van der Waals surface area contributed by atoms with Crippen molar-refractivity contribution in [2.75, 3.05) is 12.4 Å². The molecule has 2 aromatic rings. The zero-order valence-corrected chi connectivity index (χ0v) is 13.2. The van der Waals surface area contributed by atoms with Gasteiger partial charge in [-0.2, -0.15) is 0 Å². The molecule has 1 aromatic carbocycles. The Morgan fingerprint density at radius 1 is 1.38 bits per heavy atom. The number of rotatable bonds is 5. The first-order valence-corrected chi connectivity index (χ1v) is 7.65. The molecule has 0 bridgehead atoms. The number of carbonyl (C=O) groups is 1. The van der Waals surface area contributed by atoms with Crippen molar-refractivity contribution >= 4 is 22.9 Å². The van der Waals surface area contributed by atoms with Gasteiger partial charge in [0.05, 0.1) is 11.7 Å². The van der Waals surface area contributed by atoms with Crippen LogP contribution in [0.2, 0.25) is 0 Å². The van der Waals surface area contributed by atoms with Crippen molar-refractivity contribution < 1.29 is 9.18 Å². The summed E-state index contributed by atoms with van der Waals surface area (Å²) in [7, 11) is 1.89. The van der Waals surface area contributed by atoms with Crippen LogP contribution in [0.25, 0.3) is 0 Å². The number of carbonyl (C=O) groups excluding carboxylic acids is 1. The highest BCUT2D eigenvalue weighted by Crippen LogP contribution is 2.19. The van der Waals surface area contributed by atoms with Gasteiger partial charge in [-0.1, -0.05) is 12.1 Å². The van der Waals surface area contributed by atoms with E-state index < -0.39 is 5.82 Å². The Labute approximate surface area is 128 Å². The second-order valence-electron chi connectivity index (χ2n) is 5.09. The fraction of sp³-hybridized carbons (Fsp3) is 0.312. The van der Waals surface area contributed by atoms with E-state index in [1.807, 2.05) is 24.3 Å². The van der Waals surface area contributed by atoms with Crippen LogP contribution >= 0.6 is 11.3 Å². The van der Waals surface area contributed by atoms with Crippen molar-refractivity contribution in [1.29, 1.82) is 0 Å². The van der Waals surface area contributed by atoms with E-state index in [1.165, 1.54) is 16.5 Å². The number of nitrogens with zero attached hydrogens (tertiary/aromatic N) is 1. The Morgan fingerprint density at radius 2 is 2.10 bits per heavy atom. The number of hydrogen-bond acceptors (Lipinski definition) is 3. The predicted octanol–water partition coefficient (Wildman–Crippen LogP) is 3.65. The molecule has 1 aromatic heterocycles. The summed E-state index contributed by atoms with van der Waals surface area (Å²) in [5.74, 6) is -0.633. The SMILES string of the molecule is Cc1ccsc1CN(C)[C@@H](C)C(=O)Nc1ccccc1F. The summed E-state index contributed by atoms with van der Waals surface area (Å²) in [5.41, 5.74) is 1.45. The maximum absolute atomic E-state index is 13.5. The minimum Gasteiger partial charge on any atom is -0.322 e. The van der Waals surface area contributed by atoms with E-state index in [0.29, 0.717) is 6.54 Å². The van der Waals surface area contributed by atoms with Crippen LogP contribution in [0.3, 0.4) is 0 Å². The molecule has 0 radical (unpaired) electrons. The fourth-order valence-corrected chi connectivity index (χ4v) is 2.90. The molecule has 0 aliphatic heterocycles. The minimum absolute atomic E-state index is 0.211. The number of nitrogens with one attached hydrogen (secondary N) is 1. The molecule has 0 saturated heterocycles. The third-order valence-electron chi connectivity index (χ3n) is 3.53. The van der Waals surface area contributed by atoms with Gasteiger partial charge in [-0.05, 0) is 50.0 Å². The van der Waals surface area contributed by atoms with Gasteiger partial charge in [0.15, 0.2) is 0 Å². The highest BCUT2D eigenvalue weighted by atomic mass is 32.1. The van der Waals surface area contributed by atoms with E-state index in [2.05, 4.69) is 18.3 Å². The van der Waals surface area contributed by atoms with Gasteiger partial charge in [0.2, 0.25) is 5.91 Å². The molecule has 0 aliphatic carbocycles. The van der Waals surface area contributed by atoms with Crippen molar-refractivity contribution in [2.24, 2.45) is 0 Å². The van der Waals surface area contributed by atoms with Gasteiger partial charge in [-0.25, -0.2) is 4.39 Å². The highest BCUT2D eigenvalue weighted by Gasteiger charge is 2.20. The predicted molar refractivity (Wildman–Crippen MR) is 85.0 cm³/mol. The molecule has 3 nitrogen and oxygen atoms in total. The van der Waals surface area contributed by atoms with E-state index in [0.717, 1.165) is 0 Å². The topological polar surface area (TPSA) is 32.3 Å². The maximum Gasteiger partial charge on any atom is 0.241 e. The molecule has 0 unspecified atom stereocenters. The summed E-state index contributed by atoms with van der Waals surface area (Å²) in [5, 5.41) is 4.68. The standard InChI is InChI=1S/C16H19FN2OS/c1-11-8-9-21-15(11)10-19(3)12(2)16(20)18-14-7-5-4-6-13(14)17/h4-9,12H,10H2,1-3H3,(H,18,20)/t12-/m0/s1. The van der Waals surface area contributed by atoms with Crippen molar-refractivity contribution in [1.82, 2.24) is 4.90 Å². The molecule has 1 amide bonds. The summed E-state index contributed by atoms with van der Waals surface area (Å²) in [4.78, 5) is 15.4. The molecule has 1 heterocycles. The quantitative estimate of drug-likeness (QED) is 0.914. The number of likely N-dealkylation sites (N-methyl/N-ethyl adjacent to an activating group) is 1. The number of thiophene rings is 1. The lowest BCUT2D eigenvalue weighted by molar-refractivity contribution is -0.120. The third kappa shape index (κ3) is 3.89. The third-order valence-corrected chi connectivity index (χ3v) is 4.54. The zero-order chi connectivity index (χ0) is 15.4. The summed E-state index contributed by atoms with van der Waals surface area (Å²) in [6.07, 6.45) is 0. The number of anilines is 1. The van der Waals surface area contributed by atoms with Crippen LogP contribution < -0.4 is 5.32 Å². The van der Waals surface area contributed by atoms with Gasteiger partial charge in [0.25, 0.3) is 0 Å². The van der Waals surface area contributed by atoms with Crippen LogP contribution in [0.4, 0.5) is 10.1 Å². The molecule has 1 N–H and O–H groups in total. The number of benzene rings is 1. The maximum atomic E-state index is 13.5. The van der Waals surface area contributed by atoms with Crippen LogP contribution in [-0.4, -0.2) is 23.9 Å². The van der Waals surface area contributed by atoms with Crippen LogP contribution in [0.5, 0.6) is 0 Å². The van der Waals surface area contributed by atoms with Gasteiger partial charge in [-0.3, -0.25) is 9.69 Å². The molecule has 21 heavy (non-hydrogen) atoms. The zero-order valence-electron chi connectivity index (χ0n) is 12.4. The number of amides is 1. The summed E-state index contributed by atoms with van der Waals surface area (Å²) in [6.45, 7) is 4.58. The smallest absolute Gasteiger partial charge is 0.241 e. The average Bonchev–Trinajstić information content (AvgIpc) is 2.86. The molecular weight excluding hydrogens is 287 g/mol. The lowest BCUT2D eigenvalue weighted by Crippen LogP contribution is -2.39. The molecule has 0 aliphatic rings. The first kappa shape index (κ1) is 15.7. The molecule has 0 saturated carbocycles. The van der Waals surface area contributed by atoms with Crippen LogP contribution in [0.15, 0.2) is 35.7 Å². The van der Waals surface area contributed by atoms with Crippen molar-refractivity contribution in [2.45, 2.75) is 26.4 Å². The van der Waals surface area contributed by atoms with Crippen LogP contribution in [-0.2, 0) is 11.3 Å². The Balaban J connectivity index is 1.99. The highest BCUT2D eigenvalue weighted by molar-refractivity contribution is 7.10. The second kappa shape index (κ2) is 6.83. The fourth-order valence-electron chi connectivity index (χ4n) is 1.93. The van der Waals surface area contributed by atoms with Crippen molar-refractivity contribution in [3.63, 3.8) is 0 Å². The van der Waals surface area contributed by atoms with E-state index in [4.69, 9.17) is 0 Å². The lowest BCUT2D eigenvalue weighted by atomic mass is 10.2. The minimum atomic E-state index is -0.421. The molecule has 1 atom stereocenters. The van der Waals surface area contributed by atoms with Gasteiger partial charge in [-0.15, -0.1) is 11.3 Å². The Bertz CT molecular complexity index is 626. The molecule has 112 valence electrons. The van der Waals surface area contributed by atoms with E-state index in [9.17, 15) is 9.18 Å². The van der Waals surface area contributed by atoms with Crippen LogP contribution in [0.1, 0.15) is 17.4 Å². The Morgan fingerprint density at radius 3 is 2.71 bits per heavy atom. The molecule has 5 heteroatoms. The lowest BCUT2D eigenvalue weighted by Gasteiger charge is -2.23. The summed E-state index contributed by atoms with van der Waals surface area (Å²) >= 11 is 1.68. The van der Waals surface area contributed by atoms with Gasteiger partial charge in [0, 0.05) is 11.4 Å². The number of para-hydroxylation sites is 1.